The number of rotatable bonds is 8. The van der Waals surface area contributed by atoms with Crippen molar-refractivity contribution in [3.05, 3.63) is 18.5 Å². The van der Waals surface area contributed by atoms with Crippen molar-refractivity contribution >= 4 is 17.8 Å². The van der Waals surface area contributed by atoms with Crippen LogP contribution in [0.4, 0.5) is 5.95 Å². The van der Waals surface area contributed by atoms with Crippen LogP contribution in [0.15, 0.2) is 23.5 Å². The molecule has 1 amide bonds. The first-order chi connectivity index (χ1) is 15.2. The number of nitrogens with one attached hydrogen (secondary N) is 2. The van der Waals surface area contributed by atoms with E-state index in [1.807, 2.05) is 17.9 Å². The summed E-state index contributed by atoms with van der Waals surface area (Å²) in [7, 11) is 0. The summed E-state index contributed by atoms with van der Waals surface area (Å²) in [6.07, 6.45) is 3.94. The minimum absolute atomic E-state index is 0.165. The van der Waals surface area contributed by atoms with E-state index in [9.17, 15) is 4.79 Å². The molecular weight excluding hydrogens is 396 g/mol. The summed E-state index contributed by atoms with van der Waals surface area (Å²) in [6.45, 7) is 12.7. The fourth-order valence-corrected chi connectivity index (χ4v) is 3.76. The number of morpholine rings is 1. The summed E-state index contributed by atoms with van der Waals surface area (Å²) >= 11 is 0. The maximum absolute atomic E-state index is 12.6. The van der Waals surface area contributed by atoms with E-state index < -0.39 is 0 Å². The SMILES string of the molecule is CCNC(=NCC(C)N1CCOCC1)NCCC(=O)N1CCN(c2ncccn2)CC1. The molecule has 0 bridgehead atoms. The van der Waals surface area contributed by atoms with Gasteiger partial charge in [0, 0.05) is 77.2 Å². The number of piperazine rings is 1. The zero-order valence-corrected chi connectivity index (χ0v) is 18.8. The monoisotopic (exact) mass is 432 g/mol. The number of carbonyl (C=O) groups is 1. The van der Waals surface area contributed by atoms with Gasteiger partial charge in [0.15, 0.2) is 5.96 Å². The molecule has 2 fully saturated rings. The summed E-state index contributed by atoms with van der Waals surface area (Å²) in [6, 6.07) is 2.18. The number of carbonyl (C=O) groups excluding carboxylic acids is 1. The van der Waals surface area contributed by atoms with Gasteiger partial charge in [-0.05, 0) is 19.9 Å². The Kier molecular flexibility index (Phi) is 9.29. The lowest BCUT2D eigenvalue weighted by atomic mass is 10.2. The van der Waals surface area contributed by atoms with Gasteiger partial charge in [-0.25, -0.2) is 9.97 Å². The highest BCUT2D eigenvalue weighted by Gasteiger charge is 2.22. The lowest BCUT2D eigenvalue weighted by Crippen LogP contribution is -2.50. The van der Waals surface area contributed by atoms with Gasteiger partial charge in [-0.3, -0.25) is 14.7 Å². The van der Waals surface area contributed by atoms with Crippen LogP contribution >= 0.6 is 0 Å². The molecule has 2 aliphatic rings. The molecule has 1 aromatic heterocycles. The molecule has 2 aliphatic heterocycles. The van der Waals surface area contributed by atoms with Crippen LogP contribution in [0.5, 0.6) is 0 Å². The van der Waals surface area contributed by atoms with Gasteiger partial charge in [0.2, 0.25) is 11.9 Å². The summed E-state index contributed by atoms with van der Waals surface area (Å²) in [4.78, 5) is 32.3. The number of ether oxygens (including phenoxy) is 1. The molecule has 1 aromatic rings. The zero-order valence-electron chi connectivity index (χ0n) is 18.8. The van der Waals surface area contributed by atoms with Crippen molar-refractivity contribution in [2.45, 2.75) is 26.3 Å². The van der Waals surface area contributed by atoms with E-state index in [0.29, 0.717) is 38.6 Å². The first-order valence-corrected chi connectivity index (χ1v) is 11.3. The molecule has 3 heterocycles. The average Bonchev–Trinajstić information content (AvgIpc) is 2.83. The first kappa shape index (κ1) is 23.2. The number of guanidine groups is 1. The molecule has 172 valence electrons. The standard InChI is InChI=1S/C21H36N8O2/c1-3-22-20(26-17-18(2)27-13-15-31-16-14-27)23-8-5-19(30)28-9-11-29(12-10-28)21-24-6-4-7-25-21/h4,6-7,18H,3,5,8-17H2,1-2H3,(H2,22,23,26). The van der Waals surface area contributed by atoms with Gasteiger partial charge < -0.3 is 25.2 Å². The van der Waals surface area contributed by atoms with Crippen LogP contribution in [0.3, 0.4) is 0 Å². The van der Waals surface area contributed by atoms with Crippen LogP contribution in [0.2, 0.25) is 0 Å². The lowest BCUT2D eigenvalue weighted by Gasteiger charge is -2.34. The molecule has 0 saturated carbocycles. The topological polar surface area (TPSA) is 98.2 Å². The largest absolute Gasteiger partial charge is 0.379 e. The molecule has 0 spiro atoms. The van der Waals surface area contributed by atoms with E-state index in [1.165, 1.54) is 0 Å². The molecular formula is C21H36N8O2. The quantitative estimate of drug-likeness (QED) is 0.430. The second-order valence-electron chi connectivity index (χ2n) is 7.81. The Hall–Kier alpha value is -2.46. The molecule has 1 atom stereocenters. The van der Waals surface area contributed by atoms with Crippen LogP contribution in [0.25, 0.3) is 0 Å². The molecule has 31 heavy (non-hydrogen) atoms. The van der Waals surface area contributed by atoms with Crippen molar-refractivity contribution < 1.29 is 9.53 Å². The van der Waals surface area contributed by atoms with Gasteiger partial charge >= 0.3 is 0 Å². The number of amides is 1. The highest BCUT2D eigenvalue weighted by Crippen LogP contribution is 2.10. The zero-order chi connectivity index (χ0) is 21.9. The Morgan fingerprint density at radius 2 is 1.84 bits per heavy atom. The van der Waals surface area contributed by atoms with Gasteiger partial charge in [0.05, 0.1) is 19.8 Å². The van der Waals surface area contributed by atoms with Crippen molar-refractivity contribution in [2.24, 2.45) is 4.99 Å². The maximum Gasteiger partial charge on any atom is 0.225 e. The Bertz CT molecular complexity index is 688. The highest BCUT2D eigenvalue weighted by atomic mass is 16.5. The van der Waals surface area contributed by atoms with Crippen LogP contribution in [0.1, 0.15) is 20.3 Å². The summed E-state index contributed by atoms with van der Waals surface area (Å²) in [5.74, 6) is 1.66. The molecule has 0 radical (unpaired) electrons. The Labute approximate surface area is 185 Å². The van der Waals surface area contributed by atoms with Gasteiger partial charge in [0.1, 0.15) is 0 Å². The molecule has 0 aliphatic carbocycles. The van der Waals surface area contributed by atoms with Gasteiger partial charge in [-0.2, -0.15) is 0 Å². The normalized spacial score (nSPS) is 19.2. The first-order valence-electron chi connectivity index (χ1n) is 11.3. The second-order valence-corrected chi connectivity index (χ2v) is 7.81. The summed E-state index contributed by atoms with van der Waals surface area (Å²) in [5, 5.41) is 6.57. The smallest absolute Gasteiger partial charge is 0.225 e. The van der Waals surface area contributed by atoms with Crippen molar-refractivity contribution in [2.75, 3.05) is 77.0 Å². The van der Waals surface area contributed by atoms with Crippen molar-refractivity contribution in [3.63, 3.8) is 0 Å². The number of hydrogen-bond acceptors (Lipinski definition) is 7. The molecule has 10 nitrogen and oxygen atoms in total. The highest BCUT2D eigenvalue weighted by molar-refractivity contribution is 5.81. The number of hydrogen-bond donors (Lipinski definition) is 2. The van der Waals surface area contributed by atoms with E-state index in [-0.39, 0.29) is 5.91 Å². The maximum atomic E-state index is 12.6. The fourth-order valence-electron chi connectivity index (χ4n) is 3.76. The van der Waals surface area contributed by atoms with Crippen molar-refractivity contribution in [1.82, 2.24) is 30.4 Å². The predicted molar refractivity (Wildman–Crippen MR) is 121 cm³/mol. The third-order valence-corrected chi connectivity index (χ3v) is 5.63. The minimum atomic E-state index is 0.165. The Balaban J connectivity index is 1.38. The van der Waals surface area contributed by atoms with Gasteiger partial charge in [-0.15, -0.1) is 0 Å². The van der Waals surface area contributed by atoms with E-state index in [4.69, 9.17) is 9.73 Å². The van der Waals surface area contributed by atoms with Crippen LogP contribution in [-0.2, 0) is 9.53 Å². The molecule has 2 saturated heterocycles. The minimum Gasteiger partial charge on any atom is -0.379 e. The third kappa shape index (κ3) is 7.32. The number of nitrogens with zero attached hydrogens (tertiary/aromatic N) is 6. The van der Waals surface area contributed by atoms with Gasteiger partial charge in [-0.1, -0.05) is 0 Å². The number of anilines is 1. The summed E-state index contributed by atoms with van der Waals surface area (Å²) in [5.41, 5.74) is 0. The second kappa shape index (κ2) is 12.4. The molecule has 0 aromatic carbocycles. The Morgan fingerprint density at radius 3 is 2.52 bits per heavy atom. The van der Waals surface area contributed by atoms with E-state index in [2.05, 4.69) is 37.3 Å². The predicted octanol–water partition coefficient (Wildman–Crippen LogP) is -0.209. The Morgan fingerprint density at radius 1 is 1.13 bits per heavy atom. The number of aliphatic imine (C=N–C) groups is 1. The van der Waals surface area contributed by atoms with E-state index >= 15 is 0 Å². The fraction of sp³-hybridized carbons (Fsp3) is 0.714. The average molecular weight is 433 g/mol. The molecule has 1 unspecified atom stereocenters. The molecule has 10 heteroatoms. The lowest BCUT2D eigenvalue weighted by molar-refractivity contribution is -0.131. The third-order valence-electron chi connectivity index (χ3n) is 5.63. The van der Waals surface area contributed by atoms with E-state index in [1.54, 1.807) is 12.4 Å². The van der Waals surface area contributed by atoms with Crippen LogP contribution < -0.4 is 15.5 Å². The van der Waals surface area contributed by atoms with Crippen LogP contribution in [-0.4, -0.2) is 110 Å². The molecule has 2 N–H and O–H groups in total. The van der Waals surface area contributed by atoms with Crippen LogP contribution in [0, 0.1) is 0 Å². The summed E-state index contributed by atoms with van der Waals surface area (Å²) < 4.78 is 5.42. The van der Waals surface area contributed by atoms with E-state index in [0.717, 1.165) is 57.8 Å². The van der Waals surface area contributed by atoms with Gasteiger partial charge in [0.25, 0.3) is 0 Å². The van der Waals surface area contributed by atoms with Crippen molar-refractivity contribution in [1.29, 1.82) is 0 Å². The number of aromatic nitrogens is 2. The van der Waals surface area contributed by atoms with Crippen molar-refractivity contribution in [3.8, 4) is 0 Å². The molecule has 3 rings (SSSR count).